The van der Waals surface area contributed by atoms with Crippen LogP contribution in [0.2, 0.25) is 5.02 Å². The number of carbonyl (C=O) groups excluding carboxylic acids is 1. The van der Waals surface area contributed by atoms with E-state index in [0.29, 0.717) is 33.9 Å². The molecule has 0 N–H and O–H groups in total. The van der Waals surface area contributed by atoms with Gasteiger partial charge >= 0.3 is 0 Å². The van der Waals surface area contributed by atoms with Crippen molar-refractivity contribution in [2.24, 2.45) is 0 Å². The fourth-order valence-corrected chi connectivity index (χ4v) is 3.39. The quantitative estimate of drug-likeness (QED) is 0.827. The summed E-state index contributed by atoms with van der Waals surface area (Å²) in [5.41, 5.74) is 0.568. The predicted molar refractivity (Wildman–Crippen MR) is 81.6 cm³/mol. The molecule has 4 nitrogen and oxygen atoms in total. The summed E-state index contributed by atoms with van der Waals surface area (Å²) in [6, 6.07) is 3.39. The molecule has 0 atom stereocenters. The van der Waals surface area contributed by atoms with Crippen LogP contribution in [0.5, 0.6) is 5.75 Å². The molecule has 1 heterocycles. The van der Waals surface area contributed by atoms with Crippen molar-refractivity contribution in [2.75, 3.05) is 27.3 Å². The van der Waals surface area contributed by atoms with Crippen molar-refractivity contribution >= 4 is 33.4 Å². The molecule has 1 saturated heterocycles. The molecule has 2 rings (SSSR count). The van der Waals surface area contributed by atoms with Crippen molar-refractivity contribution in [1.29, 1.82) is 0 Å². The first-order valence-corrected chi connectivity index (χ1v) is 7.59. The molecule has 6 heteroatoms. The second kappa shape index (κ2) is 6.78. The minimum Gasteiger partial charge on any atom is -0.494 e. The number of methoxy groups -OCH3 is 2. The van der Waals surface area contributed by atoms with Gasteiger partial charge in [0.05, 0.1) is 22.7 Å². The molecule has 0 saturated carbocycles. The van der Waals surface area contributed by atoms with Gasteiger partial charge in [0.25, 0.3) is 5.91 Å². The highest BCUT2D eigenvalue weighted by Crippen LogP contribution is 2.34. The van der Waals surface area contributed by atoms with Crippen LogP contribution in [-0.4, -0.2) is 44.2 Å². The van der Waals surface area contributed by atoms with Gasteiger partial charge in [-0.1, -0.05) is 11.6 Å². The third-order valence-corrected chi connectivity index (χ3v) is 4.38. The van der Waals surface area contributed by atoms with Gasteiger partial charge in [-0.2, -0.15) is 0 Å². The van der Waals surface area contributed by atoms with Gasteiger partial charge in [-0.05, 0) is 40.9 Å². The van der Waals surface area contributed by atoms with Crippen molar-refractivity contribution in [2.45, 2.75) is 18.9 Å². The first-order valence-electron chi connectivity index (χ1n) is 6.42. The number of hydrogen-bond donors (Lipinski definition) is 0. The largest absolute Gasteiger partial charge is 0.494 e. The van der Waals surface area contributed by atoms with E-state index in [1.165, 1.54) is 0 Å². The Morgan fingerprint density at radius 3 is 2.50 bits per heavy atom. The van der Waals surface area contributed by atoms with E-state index < -0.39 is 0 Å². The van der Waals surface area contributed by atoms with Crippen LogP contribution in [0.25, 0.3) is 0 Å². The Balaban J connectivity index is 2.14. The van der Waals surface area contributed by atoms with Gasteiger partial charge in [-0.15, -0.1) is 0 Å². The lowest BCUT2D eigenvalue weighted by Gasteiger charge is -2.31. The topological polar surface area (TPSA) is 38.8 Å². The van der Waals surface area contributed by atoms with Crippen LogP contribution in [0.15, 0.2) is 16.6 Å². The number of amides is 1. The molecule has 1 aromatic carbocycles. The number of rotatable bonds is 3. The highest BCUT2D eigenvalue weighted by atomic mass is 79.9. The van der Waals surface area contributed by atoms with E-state index in [2.05, 4.69) is 15.9 Å². The average molecular weight is 363 g/mol. The van der Waals surface area contributed by atoms with Crippen LogP contribution in [0, 0.1) is 0 Å². The number of nitrogens with zero attached hydrogens (tertiary/aromatic N) is 1. The van der Waals surface area contributed by atoms with Crippen molar-refractivity contribution < 1.29 is 14.3 Å². The zero-order valence-electron chi connectivity index (χ0n) is 11.5. The smallest absolute Gasteiger partial charge is 0.253 e. The third-order valence-electron chi connectivity index (χ3n) is 3.51. The number of benzene rings is 1. The molecular weight excluding hydrogens is 346 g/mol. The van der Waals surface area contributed by atoms with Crippen molar-refractivity contribution in [3.05, 3.63) is 27.2 Å². The van der Waals surface area contributed by atoms with Crippen LogP contribution >= 0.6 is 27.5 Å². The standard InChI is InChI=1S/C14H17BrClNO3/c1-19-10-3-5-17(6-4-10)14(18)9-7-11(15)13(20-2)12(16)8-9/h7-8,10H,3-6H2,1-2H3. The molecule has 1 aromatic rings. The van der Waals surface area contributed by atoms with Crippen molar-refractivity contribution in [3.8, 4) is 5.75 Å². The Kier molecular flexibility index (Phi) is 5.29. The summed E-state index contributed by atoms with van der Waals surface area (Å²) in [4.78, 5) is 14.3. The molecule has 110 valence electrons. The second-order valence-electron chi connectivity index (χ2n) is 4.70. The maximum Gasteiger partial charge on any atom is 0.253 e. The lowest BCUT2D eigenvalue weighted by atomic mass is 10.1. The van der Waals surface area contributed by atoms with Crippen molar-refractivity contribution in [3.63, 3.8) is 0 Å². The summed E-state index contributed by atoms with van der Waals surface area (Å²) < 4.78 is 11.2. The molecule has 1 fully saturated rings. The molecule has 20 heavy (non-hydrogen) atoms. The monoisotopic (exact) mass is 361 g/mol. The molecule has 1 amide bonds. The van der Waals surface area contributed by atoms with Crippen LogP contribution in [0.3, 0.4) is 0 Å². The van der Waals surface area contributed by atoms with E-state index in [1.54, 1.807) is 26.4 Å². The molecule has 0 radical (unpaired) electrons. The van der Waals surface area contributed by atoms with Gasteiger partial charge in [0, 0.05) is 25.8 Å². The summed E-state index contributed by atoms with van der Waals surface area (Å²) in [6.07, 6.45) is 1.99. The summed E-state index contributed by atoms with van der Waals surface area (Å²) in [7, 11) is 3.26. The number of likely N-dealkylation sites (tertiary alicyclic amines) is 1. The Labute approximate surface area is 132 Å². The molecular formula is C14H17BrClNO3. The van der Waals surface area contributed by atoms with Gasteiger partial charge in [-0.3, -0.25) is 4.79 Å². The minimum absolute atomic E-state index is 0.00944. The van der Waals surface area contributed by atoms with Crippen LogP contribution in [0.1, 0.15) is 23.2 Å². The fraction of sp³-hybridized carbons (Fsp3) is 0.500. The Morgan fingerprint density at radius 2 is 2.00 bits per heavy atom. The van der Waals surface area contributed by atoms with E-state index in [0.717, 1.165) is 12.8 Å². The Bertz CT molecular complexity index is 478. The fourth-order valence-electron chi connectivity index (χ4n) is 2.36. The predicted octanol–water partition coefficient (Wildman–Crippen LogP) is 3.36. The number of carbonyl (C=O) groups is 1. The lowest BCUT2D eigenvalue weighted by molar-refractivity contribution is 0.0350. The molecule has 0 spiro atoms. The first-order chi connectivity index (χ1) is 9.56. The van der Waals surface area contributed by atoms with E-state index in [1.807, 2.05) is 4.90 Å². The SMILES string of the molecule is COc1c(Cl)cc(C(=O)N2CCC(OC)CC2)cc1Br. The number of hydrogen-bond acceptors (Lipinski definition) is 3. The molecule has 0 aromatic heterocycles. The van der Waals surface area contributed by atoms with Crippen molar-refractivity contribution in [1.82, 2.24) is 4.90 Å². The van der Waals surface area contributed by atoms with Gasteiger partial charge < -0.3 is 14.4 Å². The second-order valence-corrected chi connectivity index (χ2v) is 5.96. The Morgan fingerprint density at radius 1 is 1.35 bits per heavy atom. The summed E-state index contributed by atoms with van der Waals surface area (Å²) >= 11 is 9.49. The normalized spacial score (nSPS) is 16.3. The maximum absolute atomic E-state index is 12.5. The van der Waals surface area contributed by atoms with Crippen LogP contribution < -0.4 is 4.74 Å². The first kappa shape index (κ1) is 15.6. The lowest BCUT2D eigenvalue weighted by Crippen LogP contribution is -2.40. The van der Waals surface area contributed by atoms with Crippen LogP contribution in [-0.2, 0) is 4.74 Å². The molecule has 1 aliphatic heterocycles. The zero-order valence-corrected chi connectivity index (χ0v) is 13.8. The maximum atomic E-state index is 12.5. The van der Waals surface area contributed by atoms with E-state index >= 15 is 0 Å². The van der Waals surface area contributed by atoms with E-state index in [4.69, 9.17) is 21.1 Å². The molecule has 0 aliphatic carbocycles. The molecule has 0 unspecified atom stereocenters. The van der Waals surface area contributed by atoms with Gasteiger partial charge in [-0.25, -0.2) is 0 Å². The molecule has 1 aliphatic rings. The summed E-state index contributed by atoms with van der Waals surface area (Å²) in [6.45, 7) is 1.41. The summed E-state index contributed by atoms with van der Waals surface area (Å²) in [5.74, 6) is 0.533. The Hall–Kier alpha value is -0.780. The van der Waals surface area contributed by atoms with Gasteiger partial charge in [0.1, 0.15) is 0 Å². The van der Waals surface area contributed by atoms with Crippen LogP contribution in [0.4, 0.5) is 0 Å². The minimum atomic E-state index is -0.00944. The average Bonchev–Trinajstić information content (AvgIpc) is 2.46. The van der Waals surface area contributed by atoms with E-state index in [-0.39, 0.29) is 12.0 Å². The van der Waals surface area contributed by atoms with Gasteiger partial charge in [0.15, 0.2) is 5.75 Å². The highest BCUT2D eigenvalue weighted by molar-refractivity contribution is 9.10. The number of ether oxygens (including phenoxy) is 2. The summed E-state index contributed by atoms with van der Waals surface area (Å²) in [5, 5.41) is 0.428. The number of halogens is 2. The van der Waals surface area contributed by atoms with Gasteiger partial charge in [0.2, 0.25) is 0 Å². The zero-order chi connectivity index (χ0) is 14.7. The number of piperidine rings is 1. The molecule has 0 bridgehead atoms. The van der Waals surface area contributed by atoms with E-state index in [9.17, 15) is 4.79 Å². The third kappa shape index (κ3) is 3.27. The highest BCUT2D eigenvalue weighted by Gasteiger charge is 2.24.